The quantitative estimate of drug-likeness (QED) is 0.686. The van der Waals surface area contributed by atoms with Crippen LogP contribution in [0, 0.1) is 6.92 Å². The maximum absolute atomic E-state index is 6.13. The van der Waals surface area contributed by atoms with Crippen LogP contribution < -0.4 is 10.6 Å². The molecule has 0 radical (unpaired) electrons. The fraction of sp³-hybridized carbons (Fsp3) is 0.400. The third kappa shape index (κ3) is 3.36. The predicted octanol–water partition coefficient (Wildman–Crippen LogP) is 1.48. The van der Waals surface area contributed by atoms with Crippen LogP contribution in [0.3, 0.4) is 0 Å². The van der Waals surface area contributed by atoms with Crippen molar-refractivity contribution in [2.45, 2.75) is 13.5 Å². The monoisotopic (exact) mass is 316 g/mol. The molecule has 2 N–H and O–H groups in total. The van der Waals surface area contributed by atoms with Gasteiger partial charge in [-0.2, -0.15) is 0 Å². The normalized spacial score (nSPS) is 16.1. The largest absolute Gasteiger partial charge is 0.370 e. The highest BCUT2D eigenvalue weighted by Crippen LogP contribution is 2.18. The van der Waals surface area contributed by atoms with Crippen molar-refractivity contribution < 1.29 is 0 Å². The van der Waals surface area contributed by atoms with Gasteiger partial charge < -0.3 is 15.5 Å². The van der Waals surface area contributed by atoms with Gasteiger partial charge in [-0.1, -0.05) is 6.07 Å². The second-order valence-electron chi connectivity index (χ2n) is 5.23. The Morgan fingerprint density at radius 1 is 1.27 bits per heavy atom. The Hall–Kier alpha value is -2.15. The lowest BCUT2D eigenvalue weighted by Gasteiger charge is -2.35. The highest BCUT2D eigenvalue weighted by Gasteiger charge is 2.19. The van der Waals surface area contributed by atoms with Crippen molar-refractivity contribution in [3.8, 4) is 0 Å². The van der Waals surface area contributed by atoms with Crippen molar-refractivity contribution in [1.82, 2.24) is 14.9 Å². The van der Waals surface area contributed by atoms with Crippen molar-refractivity contribution in [2.24, 2.45) is 10.7 Å². The lowest BCUT2D eigenvalue weighted by molar-refractivity contribution is 0.380. The van der Waals surface area contributed by atoms with E-state index in [1.807, 2.05) is 30.6 Å². The highest BCUT2D eigenvalue weighted by molar-refractivity contribution is 7.13. The summed E-state index contributed by atoms with van der Waals surface area (Å²) in [6.07, 6.45) is 3.64. The molecule has 0 atom stereocenters. The minimum Gasteiger partial charge on any atom is -0.370 e. The number of aromatic nitrogens is 2. The Morgan fingerprint density at radius 2 is 2.09 bits per heavy atom. The summed E-state index contributed by atoms with van der Waals surface area (Å²) in [7, 11) is 0. The van der Waals surface area contributed by atoms with E-state index in [0.717, 1.165) is 42.6 Å². The van der Waals surface area contributed by atoms with Crippen LogP contribution in [0.5, 0.6) is 0 Å². The van der Waals surface area contributed by atoms with E-state index in [4.69, 9.17) is 5.73 Å². The van der Waals surface area contributed by atoms with Gasteiger partial charge in [-0.05, 0) is 18.6 Å². The van der Waals surface area contributed by atoms with Crippen LogP contribution in [0.25, 0.3) is 0 Å². The van der Waals surface area contributed by atoms with E-state index in [1.165, 1.54) is 0 Å². The number of pyridine rings is 1. The summed E-state index contributed by atoms with van der Waals surface area (Å²) in [5, 5.41) is 3.09. The van der Waals surface area contributed by atoms with Crippen LogP contribution in [-0.2, 0) is 6.54 Å². The summed E-state index contributed by atoms with van der Waals surface area (Å²) < 4.78 is 0. The van der Waals surface area contributed by atoms with Gasteiger partial charge in [-0.3, -0.25) is 4.98 Å². The number of nitrogens with two attached hydrogens (primary N) is 1. The first-order chi connectivity index (χ1) is 10.7. The molecule has 0 saturated carbocycles. The van der Waals surface area contributed by atoms with Gasteiger partial charge >= 0.3 is 0 Å². The van der Waals surface area contributed by atoms with E-state index < -0.39 is 0 Å². The standard InChI is InChI=1S/C15H20N6S/c1-12-3-2-4-17-13(12)11-19-14(16)20-6-8-21(9-7-20)15-18-5-10-22-15/h2-5,10H,6-9,11H2,1H3,(H2,16,19). The summed E-state index contributed by atoms with van der Waals surface area (Å²) in [6, 6.07) is 3.98. The van der Waals surface area contributed by atoms with E-state index in [-0.39, 0.29) is 0 Å². The van der Waals surface area contributed by atoms with Crippen LogP contribution in [-0.4, -0.2) is 47.0 Å². The number of anilines is 1. The van der Waals surface area contributed by atoms with Gasteiger partial charge in [-0.25, -0.2) is 9.98 Å². The van der Waals surface area contributed by atoms with Crippen LogP contribution in [0.2, 0.25) is 0 Å². The Bertz CT molecular complexity index is 631. The van der Waals surface area contributed by atoms with E-state index in [1.54, 1.807) is 17.5 Å². The molecule has 1 fully saturated rings. The summed E-state index contributed by atoms with van der Waals surface area (Å²) in [6.45, 7) is 6.16. The van der Waals surface area contributed by atoms with Crippen molar-refractivity contribution >= 4 is 22.4 Å². The fourth-order valence-electron chi connectivity index (χ4n) is 2.44. The second kappa shape index (κ2) is 6.74. The molecule has 0 bridgehead atoms. The van der Waals surface area contributed by atoms with Gasteiger partial charge in [0.1, 0.15) is 0 Å². The number of hydrogen-bond donors (Lipinski definition) is 1. The second-order valence-corrected chi connectivity index (χ2v) is 6.10. The molecule has 0 amide bonds. The van der Waals surface area contributed by atoms with E-state index in [2.05, 4.69) is 24.8 Å². The summed E-state index contributed by atoms with van der Waals surface area (Å²) >= 11 is 1.67. The molecule has 6 nitrogen and oxygen atoms in total. The molecule has 0 spiro atoms. The lowest BCUT2D eigenvalue weighted by atomic mass is 10.2. The predicted molar refractivity (Wildman–Crippen MR) is 90.2 cm³/mol. The smallest absolute Gasteiger partial charge is 0.191 e. The van der Waals surface area contributed by atoms with Crippen molar-refractivity contribution in [3.63, 3.8) is 0 Å². The molecule has 3 rings (SSSR count). The van der Waals surface area contributed by atoms with Gasteiger partial charge in [0.05, 0.1) is 12.2 Å². The molecule has 2 aromatic heterocycles. The number of guanidine groups is 1. The SMILES string of the molecule is Cc1cccnc1CN=C(N)N1CCN(c2nccs2)CC1. The number of rotatable bonds is 3. The average Bonchev–Trinajstić information content (AvgIpc) is 3.08. The van der Waals surface area contributed by atoms with E-state index >= 15 is 0 Å². The number of aryl methyl sites for hydroxylation is 1. The molecule has 1 aliphatic rings. The molecule has 116 valence electrons. The number of nitrogens with zero attached hydrogens (tertiary/aromatic N) is 5. The van der Waals surface area contributed by atoms with Gasteiger partial charge in [0.15, 0.2) is 11.1 Å². The maximum atomic E-state index is 6.13. The molecule has 0 unspecified atom stereocenters. The third-order valence-corrected chi connectivity index (χ3v) is 4.63. The van der Waals surface area contributed by atoms with E-state index in [9.17, 15) is 0 Å². The van der Waals surface area contributed by atoms with Gasteiger partial charge in [-0.15, -0.1) is 11.3 Å². The number of piperazine rings is 1. The molecule has 1 saturated heterocycles. The molecule has 0 aliphatic carbocycles. The van der Waals surface area contributed by atoms with Gasteiger partial charge in [0, 0.05) is 44.0 Å². The Morgan fingerprint density at radius 3 is 2.77 bits per heavy atom. The molecule has 3 heterocycles. The summed E-state index contributed by atoms with van der Waals surface area (Å²) in [5.41, 5.74) is 8.25. The van der Waals surface area contributed by atoms with E-state index in [0.29, 0.717) is 12.5 Å². The first-order valence-corrected chi connectivity index (χ1v) is 8.22. The summed E-state index contributed by atoms with van der Waals surface area (Å²) in [4.78, 5) is 17.6. The number of thiazole rings is 1. The van der Waals surface area contributed by atoms with Crippen LogP contribution in [0.15, 0.2) is 34.9 Å². The molecule has 2 aromatic rings. The molecular weight excluding hydrogens is 296 g/mol. The lowest BCUT2D eigenvalue weighted by Crippen LogP contribution is -2.51. The van der Waals surface area contributed by atoms with Crippen molar-refractivity contribution in [3.05, 3.63) is 41.2 Å². The molecule has 22 heavy (non-hydrogen) atoms. The zero-order valence-electron chi connectivity index (χ0n) is 12.6. The summed E-state index contributed by atoms with van der Waals surface area (Å²) in [5.74, 6) is 0.601. The maximum Gasteiger partial charge on any atom is 0.191 e. The minimum absolute atomic E-state index is 0.533. The molecule has 1 aliphatic heterocycles. The third-order valence-electron chi connectivity index (χ3n) is 3.80. The van der Waals surface area contributed by atoms with Gasteiger partial charge in [0.25, 0.3) is 0 Å². The van der Waals surface area contributed by atoms with Crippen LogP contribution in [0.4, 0.5) is 5.13 Å². The van der Waals surface area contributed by atoms with Crippen molar-refractivity contribution in [1.29, 1.82) is 0 Å². The molecular formula is C15H20N6S. The number of hydrogen-bond acceptors (Lipinski definition) is 5. The zero-order chi connectivity index (χ0) is 15.4. The van der Waals surface area contributed by atoms with Crippen LogP contribution >= 0.6 is 11.3 Å². The topological polar surface area (TPSA) is 70.6 Å². The Labute approximate surface area is 134 Å². The minimum atomic E-state index is 0.533. The van der Waals surface area contributed by atoms with Crippen molar-refractivity contribution in [2.75, 3.05) is 31.1 Å². The molecule has 0 aromatic carbocycles. The van der Waals surface area contributed by atoms with Crippen LogP contribution in [0.1, 0.15) is 11.3 Å². The van der Waals surface area contributed by atoms with Gasteiger partial charge in [0.2, 0.25) is 0 Å². The number of aliphatic imine (C=N–C) groups is 1. The molecule has 7 heteroatoms. The fourth-order valence-corrected chi connectivity index (χ4v) is 3.14. The zero-order valence-corrected chi connectivity index (χ0v) is 13.5. The first-order valence-electron chi connectivity index (χ1n) is 7.34. The Balaban J connectivity index is 1.56. The average molecular weight is 316 g/mol. The highest BCUT2D eigenvalue weighted by atomic mass is 32.1. The Kier molecular flexibility index (Phi) is 4.53. The first kappa shape index (κ1) is 14.8.